The monoisotopic (exact) mass is 289 g/mol. The maximum absolute atomic E-state index is 12.4. The molecule has 0 aliphatic heterocycles. The van der Waals surface area contributed by atoms with Gasteiger partial charge in [-0.25, -0.2) is 0 Å². The lowest BCUT2D eigenvalue weighted by molar-refractivity contribution is -0.137. The van der Waals surface area contributed by atoms with Crippen LogP contribution in [0.15, 0.2) is 18.3 Å². The predicted octanol–water partition coefficient (Wildman–Crippen LogP) is 2.92. The van der Waals surface area contributed by atoms with Gasteiger partial charge in [-0.3, -0.25) is 4.98 Å². The summed E-state index contributed by atoms with van der Waals surface area (Å²) in [7, 11) is 0. The van der Waals surface area contributed by atoms with Crippen LogP contribution in [-0.4, -0.2) is 36.1 Å². The van der Waals surface area contributed by atoms with Gasteiger partial charge in [0, 0.05) is 12.7 Å². The lowest BCUT2D eigenvalue weighted by Gasteiger charge is -2.17. The summed E-state index contributed by atoms with van der Waals surface area (Å²) in [5, 5.41) is 3.19. The third-order valence-corrected chi connectivity index (χ3v) is 3.18. The minimum absolute atomic E-state index is 0.496. The molecule has 3 nitrogen and oxygen atoms in total. The molecule has 0 atom stereocenters. The zero-order valence-corrected chi connectivity index (χ0v) is 12.0. The summed E-state index contributed by atoms with van der Waals surface area (Å²) in [6, 6.07) is 2.49. The van der Waals surface area contributed by atoms with E-state index >= 15 is 0 Å². The number of pyridine rings is 1. The molecule has 114 valence electrons. The molecule has 0 radical (unpaired) electrons. The molecule has 1 aromatic rings. The third-order valence-electron chi connectivity index (χ3n) is 3.18. The average Bonchev–Trinajstić information content (AvgIpc) is 2.42. The summed E-state index contributed by atoms with van der Waals surface area (Å²) in [5.41, 5.74) is -0.0800. The van der Waals surface area contributed by atoms with Crippen molar-refractivity contribution in [2.75, 3.05) is 26.2 Å². The van der Waals surface area contributed by atoms with E-state index in [1.165, 1.54) is 6.07 Å². The number of aromatic nitrogens is 1. The van der Waals surface area contributed by atoms with Gasteiger partial charge in [-0.2, -0.15) is 13.2 Å². The summed E-state index contributed by atoms with van der Waals surface area (Å²) in [5.74, 6) is 0. The van der Waals surface area contributed by atoms with E-state index in [1.54, 1.807) is 0 Å². The van der Waals surface area contributed by atoms with Gasteiger partial charge in [-0.1, -0.05) is 13.8 Å². The van der Waals surface area contributed by atoms with Crippen molar-refractivity contribution in [2.45, 2.75) is 33.0 Å². The van der Waals surface area contributed by atoms with Crippen LogP contribution in [0.3, 0.4) is 0 Å². The zero-order chi connectivity index (χ0) is 15.0. The first-order chi connectivity index (χ1) is 9.47. The van der Waals surface area contributed by atoms with Gasteiger partial charge in [0.1, 0.15) is 0 Å². The molecule has 0 spiro atoms. The van der Waals surface area contributed by atoms with E-state index in [-0.39, 0.29) is 0 Å². The summed E-state index contributed by atoms with van der Waals surface area (Å²) < 4.78 is 37.1. The minimum atomic E-state index is -4.32. The fourth-order valence-electron chi connectivity index (χ4n) is 1.88. The zero-order valence-electron chi connectivity index (χ0n) is 12.0. The molecule has 0 fully saturated rings. The second kappa shape index (κ2) is 8.21. The number of rotatable bonds is 8. The fourth-order valence-corrected chi connectivity index (χ4v) is 1.88. The van der Waals surface area contributed by atoms with Gasteiger partial charge in [-0.05, 0) is 44.7 Å². The molecule has 0 saturated heterocycles. The van der Waals surface area contributed by atoms with Crippen LogP contribution in [0.2, 0.25) is 0 Å². The summed E-state index contributed by atoms with van der Waals surface area (Å²) in [4.78, 5) is 6.15. The first-order valence-electron chi connectivity index (χ1n) is 6.92. The molecule has 0 bridgehead atoms. The third kappa shape index (κ3) is 5.88. The Morgan fingerprint density at radius 1 is 1.20 bits per heavy atom. The highest BCUT2D eigenvalue weighted by atomic mass is 19.4. The highest BCUT2D eigenvalue weighted by molar-refractivity contribution is 5.16. The van der Waals surface area contributed by atoms with E-state index in [4.69, 9.17) is 0 Å². The Labute approximate surface area is 118 Å². The van der Waals surface area contributed by atoms with Crippen LogP contribution < -0.4 is 5.32 Å². The quantitative estimate of drug-likeness (QED) is 0.746. The molecular formula is C14H22F3N3. The van der Waals surface area contributed by atoms with Gasteiger partial charge in [0.25, 0.3) is 0 Å². The van der Waals surface area contributed by atoms with Crippen LogP contribution in [0, 0.1) is 0 Å². The summed E-state index contributed by atoms with van der Waals surface area (Å²) in [6.07, 6.45) is -2.42. The molecule has 1 rings (SSSR count). The molecule has 0 aliphatic rings. The van der Waals surface area contributed by atoms with E-state index in [1.807, 2.05) is 0 Å². The van der Waals surface area contributed by atoms with Gasteiger partial charge >= 0.3 is 6.18 Å². The first-order valence-corrected chi connectivity index (χ1v) is 6.92. The van der Waals surface area contributed by atoms with Gasteiger partial charge in [0.2, 0.25) is 0 Å². The molecule has 20 heavy (non-hydrogen) atoms. The summed E-state index contributed by atoms with van der Waals surface area (Å²) >= 11 is 0. The number of nitrogens with zero attached hydrogens (tertiary/aromatic N) is 2. The average molecular weight is 289 g/mol. The van der Waals surface area contributed by atoms with E-state index in [9.17, 15) is 13.2 Å². The Morgan fingerprint density at radius 2 is 1.90 bits per heavy atom. The number of alkyl halides is 3. The van der Waals surface area contributed by atoms with Gasteiger partial charge in [-0.15, -0.1) is 0 Å². The molecule has 0 aromatic carbocycles. The lowest BCUT2D eigenvalue weighted by Crippen LogP contribution is -2.27. The molecule has 0 amide bonds. The topological polar surface area (TPSA) is 28.2 Å². The van der Waals surface area contributed by atoms with Crippen LogP contribution in [0.4, 0.5) is 13.2 Å². The van der Waals surface area contributed by atoms with Crippen molar-refractivity contribution in [1.82, 2.24) is 15.2 Å². The first kappa shape index (κ1) is 16.9. The van der Waals surface area contributed by atoms with Crippen molar-refractivity contribution in [1.29, 1.82) is 0 Å². The Balaban J connectivity index is 2.26. The van der Waals surface area contributed by atoms with Crippen molar-refractivity contribution in [3.8, 4) is 0 Å². The molecule has 0 saturated carbocycles. The molecule has 1 heterocycles. The van der Waals surface area contributed by atoms with Gasteiger partial charge in [0.05, 0.1) is 11.3 Å². The second-order valence-electron chi connectivity index (χ2n) is 4.59. The van der Waals surface area contributed by atoms with Crippen LogP contribution in [0.25, 0.3) is 0 Å². The number of halogens is 3. The van der Waals surface area contributed by atoms with Crippen molar-refractivity contribution < 1.29 is 13.2 Å². The van der Waals surface area contributed by atoms with E-state index < -0.39 is 11.7 Å². The van der Waals surface area contributed by atoms with Crippen LogP contribution >= 0.6 is 0 Å². The summed E-state index contributed by atoms with van der Waals surface area (Å²) in [6.45, 7) is 8.69. The molecule has 0 aliphatic carbocycles. The lowest BCUT2D eigenvalue weighted by atomic mass is 10.2. The maximum atomic E-state index is 12.4. The van der Waals surface area contributed by atoms with E-state index in [0.29, 0.717) is 12.2 Å². The SMILES string of the molecule is CCN(CC)CCCNCc1ccc(C(F)(F)F)cn1. The van der Waals surface area contributed by atoms with Crippen molar-refractivity contribution in [3.05, 3.63) is 29.6 Å². The Kier molecular flexibility index (Phi) is 6.95. The molecule has 1 N–H and O–H groups in total. The highest BCUT2D eigenvalue weighted by Gasteiger charge is 2.30. The molecule has 1 aromatic heterocycles. The van der Waals surface area contributed by atoms with Gasteiger partial charge in [0.15, 0.2) is 0 Å². The van der Waals surface area contributed by atoms with Crippen molar-refractivity contribution in [3.63, 3.8) is 0 Å². The Morgan fingerprint density at radius 3 is 2.40 bits per heavy atom. The van der Waals surface area contributed by atoms with Crippen LogP contribution in [0.1, 0.15) is 31.5 Å². The number of hydrogen-bond acceptors (Lipinski definition) is 3. The molecular weight excluding hydrogens is 267 g/mol. The molecule has 6 heteroatoms. The molecule has 0 unspecified atom stereocenters. The van der Waals surface area contributed by atoms with Crippen molar-refractivity contribution >= 4 is 0 Å². The van der Waals surface area contributed by atoms with Crippen LogP contribution in [0.5, 0.6) is 0 Å². The number of nitrogens with one attached hydrogen (secondary N) is 1. The van der Waals surface area contributed by atoms with E-state index in [2.05, 4.69) is 29.0 Å². The Bertz CT molecular complexity index is 372. The standard InChI is InChI=1S/C14H22F3N3/c1-3-20(4-2)9-5-8-18-11-13-7-6-12(10-19-13)14(15,16)17/h6-7,10,18H,3-5,8-9,11H2,1-2H3. The van der Waals surface area contributed by atoms with E-state index in [0.717, 1.165) is 44.9 Å². The Hall–Kier alpha value is -1.14. The highest BCUT2D eigenvalue weighted by Crippen LogP contribution is 2.28. The predicted molar refractivity (Wildman–Crippen MR) is 73.4 cm³/mol. The normalized spacial score (nSPS) is 12.1. The smallest absolute Gasteiger partial charge is 0.311 e. The maximum Gasteiger partial charge on any atom is 0.417 e. The fraction of sp³-hybridized carbons (Fsp3) is 0.643. The van der Waals surface area contributed by atoms with Gasteiger partial charge < -0.3 is 10.2 Å². The minimum Gasteiger partial charge on any atom is -0.311 e. The van der Waals surface area contributed by atoms with Crippen LogP contribution in [-0.2, 0) is 12.7 Å². The largest absolute Gasteiger partial charge is 0.417 e. The second-order valence-corrected chi connectivity index (χ2v) is 4.59. The van der Waals surface area contributed by atoms with Crippen molar-refractivity contribution in [2.24, 2.45) is 0 Å². The number of hydrogen-bond donors (Lipinski definition) is 1.